The lowest BCUT2D eigenvalue weighted by molar-refractivity contribution is 0.171. The molecule has 4 N–H and O–H groups in total. The molecule has 0 radical (unpaired) electrons. The number of nitrogens with one attached hydrogen (secondary N) is 2. The highest BCUT2D eigenvalue weighted by molar-refractivity contribution is 7.90. The maximum atomic E-state index is 11.0. The minimum absolute atomic E-state index is 0.148. The minimum Gasteiger partial charge on any atom is -0.383 e. The Labute approximate surface area is 114 Å². The van der Waals surface area contributed by atoms with Gasteiger partial charge >= 0.3 is 0 Å². The zero-order valence-corrected chi connectivity index (χ0v) is 12.2. The van der Waals surface area contributed by atoms with Crippen molar-refractivity contribution in [3.05, 3.63) is 24.3 Å². The number of rotatable bonds is 7. The Bertz CT molecular complexity index is 503. The summed E-state index contributed by atoms with van der Waals surface area (Å²) in [4.78, 5) is 0. The van der Waals surface area contributed by atoms with Crippen molar-refractivity contribution in [2.45, 2.75) is 19.9 Å². The van der Waals surface area contributed by atoms with Crippen molar-refractivity contribution in [3.63, 3.8) is 0 Å². The molecule has 0 aliphatic heterocycles. The van der Waals surface area contributed by atoms with Crippen LogP contribution < -0.4 is 15.2 Å². The summed E-state index contributed by atoms with van der Waals surface area (Å²) >= 11 is 0. The molecule has 0 spiro atoms. The van der Waals surface area contributed by atoms with Crippen LogP contribution in [0.3, 0.4) is 0 Å². The molecule has 7 heteroatoms. The van der Waals surface area contributed by atoms with Crippen molar-refractivity contribution >= 4 is 21.6 Å². The third kappa shape index (κ3) is 5.91. The molecule has 6 nitrogen and oxygen atoms in total. The van der Waals surface area contributed by atoms with Crippen LogP contribution >= 0.6 is 0 Å². The normalized spacial score (nSPS) is 13.3. The van der Waals surface area contributed by atoms with Gasteiger partial charge in [-0.3, -0.25) is 4.72 Å². The van der Waals surface area contributed by atoms with Gasteiger partial charge in [-0.15, -0.1) is 0 Å². The highest BCUT2D eigenvalue weighted by atomic mass is 32.2. The largest absolute Gasteiger partial charge is 0.383 e. The Morgan fingerprint density at radius 1 is 1.32 bits per heavy atom. The lowest BCUT2D eigenvalue weighted by Gasteiger charge is -2.23. The van der Waals surface area contributed by atoms with E-state index in [1.165, 1.54) is 0 Å². The quantitative estimate of drug-likeness (QED) is 0.706. The maximum absolute atomic E-state index is 11.0. The second-order valence-electron chi connectivity index (χ2n) is 4.68. The first kappa shape index (κ1) is 15.7. The van der Waals surface area contributed by atoms with Crippen molar-refractivity contribution in [2.75, 3.05) is 23.8 Å². The van der Waals surface area contributed by atoms with Crippen LogP contribution in [0, 0.1) is 5.92 Å². The third-order valence-electron chi connectivity index (χ3n) is 2.63. The Hall–Kier alpha value is -1.31. The molecule has 0 aliphatic rings. The predicted molar refractivity (Wildman–Crippen MR) is 77.3 cm³/mol. The van der Waals surface area contributed by atoms with Crippen molar-refractivity contribution in [2.24, 2.45) is 11.1 Å². The van der Waals surface area contributed by atoms with Gasteiger partial charge in [0.05, 0.1) is 18.3 Å². The molecule has 0 aliphatic carbocycles. The van der Waals surface area contributed by atoms with E-state index in [2.05, 4.69) is 23.9 Å². The summed E-state index contributed by atoms with van der Waals surface area (Å²) in [6.45, 7) is 4.75. The molecular formula is C12H21N3O3S. The maximum Gasteiger partial charge on any atom is 0.296 e. The Morgan fingerprint density at radius 2 is 1.95 bits per heavy atom. The number of hydrogen-bond acceptors (Lipinski definition) is 4. The fourth-order valence-electron chi connectivity index (χ4n) is 1.63. The molecule has 1 aromatic rings. The Balaban J connectivity index is 2.81. The van der Waals surface area contributed by atoms with Crippen molar-refractivity contribution in [3.8, 4) is 0 Å². The summed E-state index contributed by atoms with van der Waals surface area (Å²) in [7, 11) is -2.10. The van der Waals surface area contributed by atoms with E-state index in [4.69, 9.17) is 9.88 Å². The predicted octanol–water partition coefficient (Wildman–Crippen LogP) is 1.38. The minimum atomic E-state index is -3.75. The first-order valence-electron chi connectivity index (χ1n) is 5.98. The van der Waals surface area contributed by atoms with Crippen LogP contribution in [0.25, 0.3) is 0 Å². The van der Waals surface area contributed by atoms with E-state index in [0.29, 0.717) is 18.2 Å². The number of methoxy groups -OCH3 is 1. The SMILES string of the molecule is COCC(Nc1cccc(NS(N)(=O)=O)c1)C(C)C. The molecule has 19 heavy (non-hydrogen) atoms. The molecule has 0 saturated carbocycles. The zero-order chi connectivity index (χ0) is 14.5. The van der Waals surface area contributed by atoms with E-state index >= 15 is 0 Å². The van der Waals surface area contributed by atoms with E-state index in [9.17, 15) is 8.42 Å². The summed E-state index contributed by atoms with van der Waals surface area (Å²) in [5.74, 6) is 0.384. The molecule has 0 bridgehead atoms. The van der Waals surface area contributed by atoms with Gasteiger partial charge in [-0.05, 0) is 24.1 Å². The Kier molecular flexibility index (Phi) is 5.59. The first-order chi connectivity index (χ1) is 8.81. The van der Waals surface area contributed by atoms with Crippen LogP contribution in [-0.4, -0.2) is 28.2 Å². The van der Waals surface area contributed by atoms with Crippen LogP contribution in [0.5, 0.6) is 0 Å². The number of nitrogens with two attached hydrogens (primary N) is 1. The van der Waals surface area contributed by atoms with Gasteiger partial charge in [0.2, 0.25) is 0 Å². The van der Waals surface area contributed by atoms with Gasteiger partial charge in [0.1, 0.15) is 0 Å². The van der Waals surface area contributed by atoms with Gasteiger partial charge in [0.15, 0.2) is 0 Å². The summed E-state index contributed by atoms with van der Waals surface area (Å²) in [6.07, 6.45) is 0. The summed E-state index contributed by atoms with van der Waals surface area (Å²) in [5, 5.41) is 8.24. The molecule has 0 saturated heterocycles. The average Bonchev–Trinajstić information content (AvgIpc) is 2.26. The van der Waals surface area contributed by atoms with Gasteiger partial charge in [0, 0.05) is 12.8 Å². The fourth-order valence-corrected chi connectivity index (χ4v) is 2.09. The molecule has 0 heterocycles. The number of anilines is 2. The first-order valence-corrected chi connectivity index (χ1v) is 7.52. The van der Waals surface area contributed by atoms with Crippen LogP contribution in [0.15, 0.2) is 24.3 Å². The lowest BCUT2D eigenvalue weighted by Crippen LogP contribution is -2.30. The van der Waals surface area contributed by atoms with Gasteiger partial charge in [-0.2, -0.15) is 8.42 Å². The van der Waals surface area contributed by atoms with Crippen LogP contribution in [-0.2, 0) is 14.9 Å². The zero-order valence-electron chi connectivity index (χ0n) is 11.4. The van der Waals surface area contributed by atoms with Crippen LogP contribution in [0.1, 0.15) is 13.8 Å². The van der Waals surface area contributed by atoms with Crippen molar-refractivity contribution in [1.82, 2.24) is 0 Å². The van der Waals surface area contributed by atoms with Crippen molar-refractivity contribution in [1.29, 1.82) is 0 Å². The number of ether oxygens (including phenoxy) is 1. The smallest absolute Gasteiger partial charge is 0.296 e. The Morgan fingerprint density at radius 3 is 2.47 bits per heavy atom. The van der Waals surface area contributed by atoms with Gasteiger partial charge < -0.3 is 10.1 Å². The average molecular weight is 287 g/mol. The highest BCUT2D eigenvalue weighted by Gasteiger charge is 2.13. The molecule has 1 aromatic carbocycles. The van der Waals surface area contributed by atoms with Gasteiger partial charge in [-0.25, -0.2) is 5.14 Å². The summed E-state index contributed by atoms with van der Waals surface area (Å²) < 4.78 is 29.3. The van der Waals surface area contributed by atoms with E-state index in [0.717, 1.165) is 5.69 Å². The molecule has 1 rings (SSSR count). The summed E-state index contributed by atoms with van der Waals surface area (Å²) in [6, 6.07) is 7.08. The van der Waals surface area contributed by atoms with E-state index in [-0.39, 0.29) is 6.04 Å². The topological polar surface area (TPSA) is 93.4 Å². The third-order valence-corrected chi connectivity index (χ3v) is 3.15. The second kappa shape index (κ2) is 6.74. The summed E-state index contributed by atoms with van der Waals surface area (Å²) in [5.41, 5.74) is 1.23. The number of benzene rings is 1. The molecule has 0 amide bonds. The van der Waals surface area contributed by atoms with E-state index < -0.39 is 10.2 Å². The molecular weight excluding hydrogens is 266 g/mol. The molecule has 1 atom stereocenters. The fraction of sp³-hybridized carbons (Fsp3) is 0.500. The van der Waals surface area contributed by atoms with Crippen LogP contribution in [0.4, 0.5) is 11.4 Å². The van der Waals surface area contributed by atoms with Gasteiger partial charge in [0.25, 0.3) is 10.2 Å². The lowest BCUT2D eigenvalue weighted by atomic mass is 10.1. The van der Waals surface area contributed by atoms with Crippen molar-refractivity contribution < 1.29 is 13.2 Å². The van der Waals surface area contributed by atoms with Crippen LogP contribution in [0.2, 0.25) is 0 Å². The van der Waals surface area contributed by atoms with Gasteiger partial charge in [-0.1, -0.05) is 19.9 Å². The molecule has 0 fully saturated rings. The second-order valence-corrected chi connectivity index (χ2v) is 5.97. The monoisotopic (exact) mass is 287 g/mol. The van der Waals surface area contributed by atoms with E-state index in [1.807, 2.05) is 6.07 Å². The molecule has 108 valence electrons. The standard InChI is InChI=1S/C12H21N3O3S/c1-9(2)12(8-18-3)14-10-5-4-6-11(7-10)15-19(13,16)17/h4-7,9,12,14-15H,8H2,1-3H3,(H2,13,16,17). The number of hydrogen-bond donors (Lipinski definition) is 3. The molecule has 0 aromatic heterocycles. The highest BCUT2D eigenvalue weighted by Crippen LogP contribution is 2.18. The molecule has 1 unspecified atom stereocenters. The van der Waals surface area contributed by atoms with E-state index in [1.54, 1.807) is 25.3 Å².